The Morgan fingerprint density at radius 2 is 1.55 bits per heavy atom. The highest BCUT2D eigenvalue weighted by Gasteiger charge is 2.34. The Hall–Kier alpha value is -3.62. The van der Waals surface area contributed by atoms with Gasteiger partial charge in [0.1, 0.15) is 17.3 Å². The first kappa shape index (κ1) is 20.1. The molecule has 9 heteroatoms. The summed E-state index contributed by atoms with van der Waals surface area (Å²) in [5, 5.41) is 5.14. The van der Waals surface area contributed by atoms with E-state index in [1.54, 1.807) is 48.8 Å². The Labute approximate surface area is 163 Å². The Bertz CT molecular complexity index is 977. The molecule has 0 aliphatic carbocycles. The summed E-state index contributed by atoms with van der Waals surface area (Å²) < 4.78 is 57.1. The van der Waals surface area contributed by atoms with E-state index in [0.29, 0.717) is 29.3 Å². The first-order valence-electron chi connectivity index (χ1n) is 8.40. The van der Waals surface area contributed by atoms with Gasteiger partial charge in [-0.1, -0.05) is 0 Å². The molecule has 0 aliphatic rings. The minimum atomic E-state index is -4.84. The second-order valence-electron chi connectivity index (χ2n) is 5.90. The predicted molar refractivity (Wildman–Crippen MR) is 99.3 cm³/mol. The Morgan fingerprint density at radius 3 is 2.21 bits per heavy atom. The SMILES string of the molecule is O=C(CNc1ccc(Oc2ccncc2)cc1)Nc1ccc(F)c(C(F)(F)F)c1. The lowest BCUT2D eigenvalue weighted by Gasteiger charge is -2.12. The van der Waals surface area contributed by atoms with Crippen molar-refractivity contribution in [2.75, 3.05) is 17.2 Å². The zero-order chi connectivity index (χ0) is 20.9. The number of hydrogen-bond donors (Lipinski definition) is 2. The number of nitrogens with one attached hydrogen (secondary N) is 2. The zero-order valence-electron chi connectivity index (χ0n) is 14.8. The second-order valence-corrected chi connectivity index (χ2v) is 5.90. The van der Waals surface area contributed by atoms with Crippen molar-refractivity contribution < 1.29 is 27.1 Å². The number of alkyl halides is 3. The number of hydrogen-bond acceptors (Lipinski definition) is 4. The number of amides is 1. The van der Waals surface area contributed by atoms with Gasteiger partial charge in [-0.15, -0.1) is 0 Å². The van der Waals surface area contributed by atoms with Crippen LogP contribution in [0.2, 0.25) is 0 Å². The monoisotopic (exact) mass is 405 g/mol. The molecule has 0 bridgehead atoms. The molecule has 2 aromatic carbocycles. The lowest BCUT2D eigenvalue weighted by atomic mass is 10.2. The lowest BCUT2D eigenvalue weighted by molar-refractivity contribution is -0.140. The molecule has 1 aromatic heterocycles. The smallest absolute Gasteiger partial charge is 0.419 e. The number of rotatable bonds is 6. The van der Waals surface area contributed by atoms with Crippen LogP contribution in [0.5, 0.6) is 11.5 Å². The van der Waals surface area contributed by atoms with Crippen molar-refractivity contribution in [2.45, 2.75) is 6.18 Å². The summed E-state index contributed by atoms with van der Waals surface area (Å²) in [7, 11) is 0. The lowest BCUT2D eigenvalue weighted by Crippen LogP contribution is -2.22. The Kier molecular flexibility index (Phi) is 5.96. The molecule has 0 aliphatic heterocycles. The number of aromatic nitrogens is 1. The van der Waals surface area contributed by atoms with E-state index in [1.165, 1.54) is 0 Å². The average molecular weight is 405 g/mol. The van der Waals surface area contributed by atoms with Gasteiger partial charge in [0, 0.05) is 23.8 Å². The molecular weight excluding hydrogens is 390 g/mol. The highest BCUT2D eigenvalue weighted by molar-refractivity contribution is 5.93. The summed E-state index contributed by atoms with van der Waals surface area (Å²) in [4.78, 5) is 15.9. The first-order chi connectivity index (χ1) is 13.8. The number of halogens is 4. The van der Waals surface area contributed by atoms with Crippen molar-refractivity contribution in [1.29, 1.82) is 0 Å². The van der Waals surface area contributed by atoms with E-state index in [0.717, 1.165) is 6.07 Å². The number of pyridine rings is 1. The molecule has 0 fully saturated rings. The number of nitrogens with zero attached hydrogens (tertiary/aromatic N) is 1. The minimum absolute atomic E-state index is 0.147. The molecule has 0 atom stereocenters. The average Bonchev–Trinajstić information content (AvgIpc) is 2.69. The van der Waals surface area contributed by atoms with Crippen molar-refractivity contribution in [3.63, 3.8) is 0 Å². The van der Waals surface area contributed by atoms with Crippen LogP contribution in [0.1, 0.15) is 5.56 Å². The molecule has 0 saturated carbocycles. The van der Waals surface area contributed by atoms with Gasteiger partial charge in [0.25, 0.3) is 0 Å². The molecule has 0 spiro atoms. The van der Waals surface area contributed by atoms with Crippen LogP contribution in [0, 0.1) is 5.82 Å². The van der Waals surface area contributed by atoms with Crippen LogP contribution in [0.4, 0.5) is 28.9 Å². The van der Waals surface area contributed by atoms with E-state index in [4.69, 9.17) is 4.74 Å². The van der Waals surface area contributed by atoms with E-state index in [9.17, 15) is 22.4 Å². The topological polar surface area (TPSA) is 63.2 Å². The van der Waals surface area contributed by atoms with Crippen LogP contribution >= 0.6 is 0 Å². The summed E-state index contributed by atoms with van der Waals surface area (Å²) >= 11 is 0. The van der Waals surface area contributed by atoms with E-state index >= 15 is 0 Å². The number of benzene rings is 2. The third kappa shape index (κ3) is 5.68. The predicted octanol–water partition coefficient (Wildman–Crippen LogP) is 5.08. The molecular formula is C20H15F4N3O2. The van der Waals surface area contributed by atoms with E-state index < -0.39 is 23.5 Å². The van der Waals surface area contributed by atoms with Crippen molar-refractivity contribution in [3.8, 4) is 11.5 Å². The summed E-state index contributed by atoms with van der Waals surface area (Å²) in [6.45, 7) is -0.191. The third-order valence-electron chi connectivity index (χ3n) is 3.75. The second kappa shape index (κ2) is 8.59. The van der Waals surface area contributed by atoms with Crippen LogP contribution in [-0.2, 0) is 11.0 Å². The molecule has 1 amide bonds. The fraction of sp³-hybridized carbons (Fsp3) is 0.100. The molecule has 3 aromatic rings. The zero-order valence-corrected chi connectivity index (χ0v) is 14.8. The van der Waals surface area contributed by atoms with Gasteiger partial charge in [-0.25, -0.2) is 4.39 Å². The molecule has 0 saturated heterocycles. The van der Waals surface area contributed by atoms with Gasteiger partial charge >= 0.3 is 6.18 Å². The van der Waals surface area contributed by atoms with Crippen LogP contribution in [0.25, 0.3) is 0 Å². The van der Waals surface area contributed by atoms with Gasteiger partial charge in [0.15, 0.2) is 0 Å². The fourth-order valence-corrected chi connectivity index (χ4v) is 2.39. The first-order valence-corrected chi connectivity index (χ1v) is 8.40. The minimum Gasteiger partial charge on any atom is -0.457 e. The van der Waals surface area contributed by atoms with E-state index in [2.05, 4.69) is 15.6 Å². The molecule has 3 rings (SSSR count). The third-order valence-corrected chi connectivity index (χ3v) is 3.75. The number of anilines is 2. The largest absolute Gasteiger partial charge is 0.457 e. The summed E-state index contributed by atoms with van der Waals surface area (Å²) in [5.74, 6) is -0.778. The maximum atomic E-state index is 13.3. The fourth-order valence-electron chi connectivity index (χ4n) is 2.39. The van der Waals surface area contributed by atoms with Gasteiger partial charge in [-0.05, 0) is 54.6 Å². The van der Waals surface area contributed by atoms with Crippen LogP contribution < -0.4 is 15.4 Å². The highest BCUT2D eigenvalue weighted by Crippen LogP contribution is 2.33. The van der Waals surface area contributed by atoms with Crippen molar-refractivity contribution >= 4 is 17.3 Å². The van der Waals surface area contributed by atoms with Gasteiger partial charge in [0.05, 0.1) is 12.1 Å². The number of ether oxygens (including phenoxy) is 1. The summed E-state index contributed by atoms with van der Waals surface area (Å²) in [5.41, 5.74) is -0.975. The molecule has 1 heterocycles. The van der Waals surface area contributed by atoms with Crippen molar-refractivity contribution in [2.24, 2.45) is 0 Å². The Balaban J connectivity index is 1.54. The van der Waals surface area contributed by atoms with Gasteiger partial charge in [0.2, 0.25) is 5.91 Å². The van der Waals surface area contributed by atoms with Gasteiger partial charge in [-0.3, -0.25) is 9.78 Å². The molecule has 0 radical (unpaired) electrons. The Morgan fingerprint density at radius 1 is 0.931 bits per heavy atom. The quantitative estimate of drug-likeness (QED) is 0.562. The van der Waals surface area contributed by atoms with Crippen LogP contribution in [0.15, 0.2) is 67.0 Å². The normalized spacial score (nSPS) is 11.0. The molecule has 5 nitrogen and oxygen atoms in total. The summed E-state index contributed by atoms with van der Waals surface area (Å²) in [6.07, 6.45) is -1.64. The van der Waals surface area contributed by atoms with Crippen molar-refractivity contribution in [1.82, 2.24) is 4.98 Å². The molecule has 150 valence electrons. The molecule has 29 heavy (non-hydrogen) atoms. The van der Waals surface area contributed by atoms with E-state index in [1.807, 2.05) is 0 Å². The maximum absolute atomic E-state index is 13.3. The van der Waals surface area contributed by atoms with Crippen molar-refractivity contribution in [3.05, 3.63) is 78.4 Å². The molecule has 0 unspecified atom stereocenters. The molecule has 2 N–H and O–H groups in total. The van der Waals surface area contributed by atoms with Crippen LogP contribution in [-0.4, -0.2) is 17.4 Å². The van der Waals surface area contributed by atoms with E-state index in [-0.39, 0.29) is 12.2 Å². The van der Waals surface area contributed by atoms with Gasteiger partial charge in [-0.2, -0.15) is 13.2 Å². The summed E-state index contributed by atoms with van der Waals surface area (Å²) in [6, 6.07) is 12.4. The number of carbonyl (C=O) groups is 1. The van der Waals surface area contributed by atoms with Gasteiger partial charge < -0.3 is 15.4 Å². The highest BCUT2D eigenvalue weighted by atomic mass is 19.4. The van der Waals surface area contributed by atoms with Crippen LogP contribution in [0.3, 0.4) is 0 Å². The number of carbonyl (C=O) groups excluding carboxylic acids is 1. The standard InChI is InChI=1S/C20H15F4N3O2/c21-18-6-3-14(11-17(18)20(22,23)24)27-19(28)12-26-13-1-4-15(5-2-13)29-16-7-9-25-10-8-16/h1-11,26H,12H2,(H,27,28). The maximum Gasteiger partial charge on any atom is 0.419 e.